The molecule has 1 aromatic rings. The van der Waals surface area contributed by atoms with Gasteiger partial charge in [-0.2, -0.15) is 0 Å². The molecule has 0 saturated carbocycles. The summed E-state index contributed by atoms with van der Waals surface area (Å²) in [7, 11) is -2.13. The van der Waals surface area contributed by atoms with Crippen LogP contribution in [0.25, 0.3) is 0 Å². The van der Waals surface area contributed by atoms with Crippen molar-refractivity contribution >= 4 is 35.5 Å². The van der Waals surface area contributed by atoms with E-state index in [-0.39, 0.29) is 17.1 Å². The van der Waals surface area contributed by atoms with Gasteiger partial charge in [-0.1, -0.05) is 0 Å². The molecule has 10 heteroatoms. The van der Waals surface area contributed by atoms with Gasteiger partial charge in [-0.15, -0.1) is 0 Å². The predicted molar refractivity (Wildman–Crippen MR) is 75.1 cm³/mol. The summed E-state index contributed by atoms with van der Waals surface area (Å²) in [4.78, 5) is 14.0. The van der Waals surface area contributed by atoms with Crippen LogP contribution in [0.3, 0.4) is 0 Å². The first-order valence-electron chi connectivity index (χ1n) is 5.45. The quantitative estimate of drug-likeness (QED) is 0.756. The second-order valence-electron chi connectivity index (χ2n) is 4.90. The van der Waals surface area contributed by atoms with Crippen molar-refractivity contribution in [1.29, 1.82) is 0 Å². The Balaban J connectivity index is 2.82. The number of carbonyl (C=O) groups is 1. The lowest BCUT2D eigenvalue weighted by Gasteiger charge is -2.22. The molecule has 114 valence electrons. The van der Waals surface area contributed by atoms with Crippen LogP contribution in [-0.2, 0) is 18.9 Å². The predicted octanol–water partition coefficient (Wildman–Crippen LogP) is 0.495. The molecule has 0 radical (unpaired) electrons. The smallest absolute Gasteiger partial charge is 0.267 e. The van der Waals surface area contributed by atoms with E-state index in [2.05, 4.69) is 10.3 Å². The third-order valence-corrected chi connectivity index (χ3v) is 6.35. The standard InChI is InChI=1S/C10H15ClN2O5S2/c1-10(2,19(3,15)16)6-13-9(14)8-4-7(5-12-8)20(11,17)18/h4-5,12H,6H2,1-3H3,(H,13,14). The molecule has 2 N–H and O–H groups in total. The summed E-state index contributed by atoms with van der Waals surface area (Å²) in [5, 5.41) is 2.42. The van der Waals surface area contributed by atoms with Gasteiger partial charge >= 0.3 is 0 Å². The van der Waals surface area contributed by atoms with E-state index in [1.165, 1.54) is 13.8 Å². The van der Waals surface area contributed by atoms with Crippen LogP contribution in [0.15, 0.2) is 17.2 Å². The summed E-state index contributed by atoms with van der Waals surface area (Å²) >= 11 is 0. The molecule has 0 atom stereocenters. The van der Waals surface area contributed by atoms with E-state index in [0.717, 1.165) is 18.5 Å². The number of H-pyrrole nitrogens is 1. The van der Waals surface area contributed by atoms with Crippen molar-refractivity contribution in [2.24, 2.45) is 0 Å². The zero-order valence-corrected chi connectivity index (χ0v) is 13.5. The van der Waals surface area contributed by atoms with Gasteiger partial charge in [0.25, 0.3) is 15.0 Å². The van der Waals surface area contributed by atoms with Crippen LogP contribution in [0.1, 0.15) is 24.3 Å². The number of hydrogen-bond donors (Lipinski definition) is 2. The average Bonchev–Trinajstić information content (AvgIpc) is 2.73. The molecule has 0 aliphatic carbocycles. The summed E-state index contributed by atoms with van der Waals surface area (Å²) in [6.45, 7) is 2.85. The van der Waals surface area contributed by atoms with Gasteiger partial charge < -0.3 is 10.3 Å². The summed E-state index contributed by atoms with van der Waals surface area (Å²) in [5.41, 5.74) is -0.0199. The SMILES string of the molecule is CC(C)(CNC(=O)c1cc(S(=O)(=O)Cl)c[nH]1)S(C)(=O)=O. The van der Waals surface area contributed by atoms with Crippen molar-refractivity contribution in [3.05, 3.63) is 18.0 Å². The van der Waals surface area contributed by atoms with Crippen molar-refractivity contribution < 1.29 is 21.6 Å². The third-order valence-electron chi connectivity index (χ3n) is 2.86. The normalized spacial score (nSPS) is 13.2. The Bertz CT molecular complexity index is 719. The maximum absolute atomic E-state index is 11.8. The lowest BCUT2D eigenvalue weighted by molar-refractivity contribution is 0.0946. The number of aromatic nitrogens is 1. The van der Waals surface area contributed by atoms with E-state index < -0.39 is 29.5 Å². The molecular formula is C10H15ClN2O5S2. The van der Waals surface area contributed by atoms with Gasteiger partial charge in [-0.25, -0.2) is 16.8 Å². The van der Waals surface area contributed by atoms with E-state index in [0.29, 0.717) is 0 Å². The van der Waals surface area contributed by atoms with Crippen LogP contribution >= 0.6 is 10.7 Å². The molecule has 1 amide bonds. The molecule has 0 fully saturated rings. The maximum atomic E-state index is 11.8. The molecule has 0 spiro atoms. The molecule has 7 nitrogen and oxygen atoms in total. The highest BCUT2D eigenvalue weighted by Gasteiger charge is 2.30. The highest BCUT2D eigenvalue weighted by molar-refractivity contribution is 8.13. The first-order chi connectivity index (χ1) is 8.84. The highest BCUT2D eigenvalue weighted by Crippen LogP contribution is 2.16. The fraction of sp³-hybridized carbons (Fsp3) is 0.500. The van der Waals surface area contributed by atoms with Crippen molar-refractivity contribution in [2.45, 2.75) is 23.5 Å². The second kappa shape index (κ2) is 5.38. The number of sulfone groups is 1. The van der Waals surface area contributed by atoms with Gasteiger partial charge in [-0.3, -0.25) is 4.79 Å². The second-order valence-corrected chi connectivity index (χ2v) is 10.1. The van der Waals surface area contributed by atoms with Gasteiger partial charge in [0.15, 0.2) is 9.84 Å². The van der Waals surface area contributed by atoms with Crippen LogP contribution in [0.5, 0.6) is 0 Å². The van der Waals surface area contributed by atoms with E-state index in [4.69, 9.17) is 10.7 Å². The molecule has 1 rings (SSSR count). The summed E-state index contributed by atoms with van der Waals surface area (Å²) in [6, 6.07) is 1.07. The molecule has 0 aromatic carbocycles. The molecule has 0 aliphatic heterocycles. The maximum Gasteiger partial charge on any atom is 0.267 e. The van der Waals surface area contributed by atoms with Gasteiger partial charge in [0.1, 0.15) is 10.6 Å². The monoisotopic (exact) mass is 342 g/mol. The first kappa shape index (κ1) is 17.0. The lowest BCUT2D eigenvalue weighted by Crippen LogP contribution is -2.43. The van der Waals surface area contributed by atoms with Crippen LogP contribution in [0, 0.1) is 0 Å². The van der Waals surface area contributed by atoms with E-state index in [9.17, 15) is 21.6 Å². The fourth-order valence-corrected chi connectivity index (χ4v) is 2.23. The van der Waals surface area contributed by atoms with Gasteiger partial charge in [0, 0.05) is 29.7 Å². The third kappa shape index (κ3) is 3.97. The summed E-state index contributed by atoms with van der Waals surface area (Å²) < 4.78 is 43.9. The zero-order valence-electron chi connectivity index (χ0n) is 11.1. The first-order valence-corrected chi connectivity index (χ1v) is 9.65. The molecule has 20 heavy (non-hydrogen) atoms. The van der Waals surface area contributed by atoms with Crippen molar-refractivity contribution in [3.8, 4) is 0 Å². The van der Waals surface area contributed by atoms with Crippen LogP contribution < -0.4 is 5.32 Å². The van der Waals surface area contributed by atoms with Crippen molar-refractivity contribution in [3.63, 3.8) is 0 Å². The van der Waals surface area contributed by atoms with E-state index >= 15 is 0 Å². The topological polar surface area (TPSA) is 113 Å². The Hall–Kier alpha value is -1.06. The summed E-state index contributed by atoms with van der Waals surface area (Å²) in [6.07, 6.45) is 2.16. The minimum absolute atomic E-state index is 0.0199. The minimum atomic E-state index is -3.92. The van der Waals surface area contributed by atoms with Crippen molar-refractivity contribution in [2.75, 3.05) is 12.8 Å². The van der Waals surface area contributed by atoms with Gasteiger partial charge in [-0.05, 0) is 19.9 Å². The van der Waals surface area contributed by atoms with Crippen LogP contribution in [-0.4, -0.2) is 45.3 Å². The Kier molecular flexibility index (Phi) is 4.57. The fourth-order valence-electron chi connectivity index (χ4n) is 1.17. The molecular weight excluding hydrogens is 328 g/mol. The Morgan fingerprint density at radius 1 is 1.35 bits per heavy atom. The number of nitrogens with one attached hydrogen (secondary N) is 2. The minimum Gasteiger partial charge on any atom is -0.356 e. The Morgan fingerprint density at radius 3 is 2.30 bits per heavy atom. The summed E-state index contributed by atoms with van der Waals surface area (Å²) in [5.74, 6) is -0.617. The number of amides is 1. The van der Waals surface area contributed by atoms with Crippen LogP contribution in [0.4, 0.5) is 0 Å². The molecule has 0 saturated heterocycles. The van der Waals surface area contributed by atoms with E-state index in [1.807, 2.05) is 0 Å². The Labute approximate surface area is 122 Å². The lowest BCUT2D eigenvalue weighted by atomic mass is 10.2. The number of hydrogen-bond acceptors (Lipinski definition) is 5. The highest BCUT2D eigenvalue weighted by atomic mass is 35.7. The number of aromatic amines is 1. The Morgan fingerprint density at radius 2 is 1.90 bits per heavy atom. The van der Waals surface area contributed by atoms with Crippen LogP contribution in [0.2, 0.25) is 0 Å². The molecule has 1 aromatic heterocycles. The average molecular weight is 343 g/mol. The van der Waals surface area contributed by atoms with E-state index in [1.54, 1.807) is 0 Å². The van der Waals surface area contributed by atoms with Crippen molar-refractivity contribution in [1.82, 2.24) is 10.3 Å². The molecule has 0 bridgehead atoms. The number of carbonyl (C=O) groups excluding carboxylic acids is 1. The number of halogens is 1. The number of rotatable bonds is 5. The molecule has 1 heterocycles. The van der Waals surface area contributed by atoms with Gasteiger partial charge in [0.05, 0.1) is 4.75 Å². The zero-order chi connectivity index (χ0) is 15.8. The largest absolute Gasteiger partial charge is 0.356 e. The van der Waals surface area contributed by atoms with Gasteiger partial charge in [0.2, 0.25) is 0 Å². The molecule has 0 unspecified atom stereocenters. The molecule has 0 aliphatic rings.